The quantitative estimate of drug-likeness (QED) is 0.305. The van der Waals surface area contributed by atoms with Crippen LogP contribution in [0.5, 0.6) is 0 Å². The first-order valence-electron chi connectivity index (χ1n) is 10.5. The molecular formula is C25H25N3O2S2. The number of para-hydroxylation sites is 1. The van der Waals surface area contributed by atoms with Gasteiger partial charge in [-0.05, 0) is 49.4 Å². The summed E-state index contributed by atoms with van der Waals surface area (Å²) in [4.78, 5) is 32.0. The summed E-state index contributed by atoms with van der Waals surface area (Å²) < 4.78 is 1.67. The van der Waals surface area contributed by atoms with Gasteiger partial charge in [-0.15, -0.1) is 11.3 Å². The normalized spacial score (nSPS) is 12.1. The second-order valence-electron chi connectivity index (χ2n) is 7.67. The van der Waals surface area contributed by atoms with Gasteiger partial charge in [0, 0.05) is 11.4 Å². The number of aromatic nitrogens is 2. The van der Waals surface area contributed by atoms with Crippen LogP contribution in [-0.4, -0.2) is 27.3 Å². The molecule has 0 aliphatic carbocycles. The highest BCUT2D eigenvalue weighted by molar-refractivity contribution is 8.00. The number of thiophene rings is 1. The lowest BCUT2D eigenvalue weighted by Crippen LogP contribution is -2.33. The van der Waals surface area contributed by atoms with Crippen molar-refractivity contribution >= 4 is 39.9 Å². The minimum absolute atomic E-state index is 0.0594. The lowest BCUT2D eigenvalue weighted by atomic mass is 10.1. The SMILES string of the molecule is Cc1ccc(Cn2c(SC(C)C(=O)NCCc3cccs3)nc3ccccc3c2=O)cc1. The van der Waals surface area contributed by atoms with Crippen molar-refractivity contribution < 1.29 is 4.79 Å². The first-order chi connectivity index (χ1) is 15.5. The molecule has 1 unspecified atom stereocenters. The standard InChI is InChI=1S/C25H25N3O2S2/c1-17-9-11-19(12-10-17)16-28-24(30)21-7-3-4-8-22(21)27-25(28)32-18(2)23(29)26-14-13-20-6-5-15-31-20/h3-12,15,18H,13-14,16H2,1-2H3,(H,26,29). The van der Waals surface area contributed by atoms with Gasteiger partial charge in [-0.25, -0.2) is 4.98 Å². The minimum atomic E-state index is -0.379. The molecule has 4 rings (SSSR count). The number of aryl methyl sites for hydroxylation is 1. The molecule has 0 bridgehead atoms. The Bertz CT molecular complexity index is 1260. The molecule has 164 valence electrons. The van der Waals surface area contributed by atoms with Crippen LogP contribution in [0.3, 0.4) is 0 Å². The van der Waals surface area contributed by atoms with Gasteiger partial charge in [0.25, 0.3) is 5.56 Å². The van der Waals surface area contributed by atoms with Crippen molar-refractivity contribution in [2.24, 2.45) is 0 Å². The molecule has 0 saturated heterocycles. The lowest BCUT2D eigenvalue weighted by Gasteiger charge is -2.16. The largest absolute Gasteiger partial charge is 0.355 e. The van der Waals surface area contributed by atoms with Crippen molar-refractivity contribution in [2.75, 3.05) is 6.54 Å². The number of carbonyl (C=O) groups is 1. The Hall–Kier alpha value is -2.90. The maximum absolute atomic E-state index is 13.3. The number of thioether (sulfide) groups is 1. The molecule has 2 heterocycles. The summed E-state index contributed by atoms with van der Waals surface area (Å²) in [6.07, 6.45) is 0.813. The summed E-state index contributed by atoms with van der Waals surface area (Å²) in [6.45, 7) is 4.88. The summed E-state index contributed by atoms with van der Waals surface area (Å²) >= 11 is 3.01. The van der Waals surface area contributed by atoms with Crippen LogP contribution in [0.4, 0.5) is 0 Å². The Labute approximate surface area is 195 Å². The number of nitrogens with zero attached hydrogens (tertiary/aromatic N) is 2. The van der Waals surface area contributed by atoms with Crippen molar-refractivity contribution in [1.29, 1.82) is 0 Å². The molecular weight excluding hydrogens is 438 g/mol. The number of hydrogen-bond donors (Lipinski definition) is 1. The van der Waals surface area contributed by atoms with Crippen LogP contribution >= 0.6 is 23.1 Å². The molecule has 0 aliphatic heterocycles. The fourth-order valence-electron chi connectivity index (χ4n) is 3.37. The molecule has 0 aliphatic rings. The Morgan fingerprint density at radius 2 is 1.91 bits per heavy atom. The van der Waals surface area contributed by atoms with E-state index in [0.717, 1.165) is 12.0 Å². The average molecular weight is 464 g/mol. The maximum Gasteiger partial charge on any atom is 0.262 e. The topological polar surface area (TPSA) is 64.0 Å². The Morgan fingerprint density at radius 3 is 2.66 bits per heavy atom. The molecule has 5 nitrogen and oxygen atoms in total. The zero-order valence-corrected chi connectivity index (χ0v) is 19.7. The van der Waals surface area contributed by atoms with Gasteiger partial charge >= 0.3 is 0 Å². The minimum Gasteiger partial charge on any atom is -0.355 e. The third-order valence-corrected chi connectivity index (χ3v) is 7.22. The maximum atomic E-state index is 13.3. The number of benzene rings is 2. The van der Waals surface area contributed by atoms with Gasteiger partial charge in [-0.3, -0.25) is 14.2 Å². The van der Waals surface area contributed by atoms with Crippen LogP contribution < -0.4 is 10.9 Å². The van der Waals surface area contributed by atoms with E-state index in [0.29, 0.717) is 29.1 Å². The van der Waals surface area contributed by atoms with Gasteiger partial charge in [-0.1, -0.05) is 59.8 Å². The smallest absolute Gasteiger partial charge is 0.262 e. The number of hydrogen-bond acceptors (Lipinski definition) is 5. The lowest BCUT2D eigenvalue weighted by molar-refractivity contribution is -0.120. The van der Waals surface area contributed by atoms with E-state index in [2.05, 4.69) is 11.4 Å². The number of fused-ring (bicyclic) bond motifs is 1. The van der Waals surface area contributed by atoms with Gasteiger partial charge in [0.2, 0.25) is 5.91 Å². The van der Waals surface area contributed by atoms with E-state index in [9.17, 15) is 9.59 Å². The van der Waals surface area contributed by atoms with Gasteiger partial charge in [0.05, 0.1) is 22.7 Å². The van der Waals surface area contributed by atoms with Crippen molar-refractivity contribution in [3.8, 4) is 0 Å². The molecule has 2 aromatic heterocycles. The van der Waals surface area contributed by atoms with Crippen LogP contribution in [0.2, 0.25) is 0 Å². The number of amides is 1. The van der Waals surface area contributed by atoms with E-state index in [1.807, 2.05) is 67.8 Å². The van der Waals surface area contributed by atoms with Crippen molar-refractivity contribution in [1.82, 2.24) is 14.9 Å². The fourth-order valence-corrected chi connectivity index (χ4v) is 5.01. The van der Waals surface area contributed by atoms with Crippen LogP contribution in [0.15, 0.2) is 76.0 Å². The zero-order valence-electron chi connectivity index (χ0n) is 18.1. The Morgan fingerprint density at radius 1 is 1.12 bits per heavy atom. The van der Waals surface area contributed by atoms with E-state index < -0.39 is 0 Å². The van der Waals surface area contributed by atoms with E-state index in [-0.39, 0.29) is 16.7 Å². The fraction of sp³-hybridized carbons (Fsp3) is 0.240. The Balaban J connectivity index is 1.56. The molecule has 0 spiro atoms. The first kappa shape index (κ1) is 22.3. The van der Waals surface area contributed by atoms with Gasteiger partial charge in [0.15, 0.2) is 5.16 Å². The second kappa shape index (κ2) is 10.1. The molecule has 1 amide bonds. The van der Waals surface area contributed by atoms with Crippen LogP contribution in [-0.2, 0) is 17.8 Å². The number of nitrogens with one attached hydrogen (secondary N) is 1. The number of rotatable bonds is 8. The molecule has 0 radical (unpaired) electrons. The van der Waals surface area contributed by atoms with E-state index in [1.54, 1.807) is 22.0 Å². The summed E-state index contributed by atoms with van der Waals surface area (Å²) in [7, 11) is 0. The molecule has 0 fully saturated rings. The van der Waals surface area contributed by atoms with E-state index in [1.165, 1.54) is 22.2 Å². The zero-order chi connectivity index (χ0) is 22.5. The predicted molar refractivity (Wildman–Crippen MR) is 133 cm³/mol. The van der Waals surface area contributed by atoms with Crippen LogP contribution in [0.25, 0.3) is 10.9 Å². The highest BCUT2D eigenvalue weighted by atomic mass is 32.2. The third kappa shape index (κ3) is 5.29. The van der Waals surface area contributed by atoms with Crippen molar-refractivity contribution in [3.63, 3.8) is 0 Å². The van der Waals surface area contributed by atoms with Gasteiger partial charge < -0.3 is 5.32 Å². The van der Waals surface area contributed by atoms with E-state index >= 15 is 0 Å². The molecule has 0 saturated carbocycles. The van der Waals surface area contributed by atoms with Crippen LogP contribution in [0, 0.1) is 6.92 Å². The van der Waals surface area contributed by atoms with E-state index in [4.69, 9.17) is 4.98 Å². The highest BCUT2D eigenvalue weighted by Crippen LogP contribution is 2.23. The molecule has 32 heavy (non-hydrogen) atoms. The molecule has 4 aromatic rings. The Kier molecular flexibility index (Phi) is 7.07. The number of carbonyl (C=O) groups excluding carboxylic acids is 1. The van der Waals surface area contributed by atoms with Gasteiger partial charge in [0.1, 0.15) is 0 Å². The summed E-state index contributed by atoms with van der Waals surface area (Å²) in [5.41, 5.74) is 2.74. The molecule has 7 heteroatoms. The average Bonchev–Trinajstić information content (AvgIpc) is 3.31. The monoisotopic (exact) mass is 463 g/mol. The van der Waals surface area contributed by atoms with Crippen molar-refractivity contribution in [2.45, 2.75) is 37.2 Å². The third-order valence-electron chi connectivity index (χ3n) is 5.19. The molecule has 2 aromatic carbocycles. The highest BCUT2D eigenvalue weighted by Gasteiger charge is 2.19. The first-order valence-corrected chi connectivity index (χ1v) is 12.3. The molecule has 1 atom stereocenters. The summed E-state index contributed by atoms with van der Waals surface area (Å²) in [6, 6.07) is 19.5. The second-order valence-corrected chi connectivity index (χ2v) is 10.0. The van der Waals surface area contributed by atoms with Crippen molar-refractivity contribution in [3.05, 3.63) is 92.4 Å². The predicted octanol–water partition coefficient (Wildman–Crippen LogP) is 4.65. The summed E-state index contributed by atoms with van der Waals surface area (Å²) in [5, 5.41) is 5.79. The van der Waals surface area contributed by atoms with Crippen LogP contribution in [0.1, 0.15) is 22.9 Å². The summed E-state index contributed by atoms with van der Waals surface area (Å²) in [5.74, 6) is -0.0594. The molecule has 1 N–H and O–H groups in total. The van der Waals surface area contributed by atoms with Gasteiger partial charge in [-0.2, -0.15) is 0 Å².